The molecule has 4 N–H and O–H groups in total. The Morgan fingerprint density at radius 2 is 1.93 bits per heavy atom. The van der Waals surface area contributed by atoms with Crippen LogP contribution in [0.1, 0.15) is 31.2 Å². The molecule has 0 unspecified atom stereocenters. The van der Waals surface area contributed by atoms with E-state index >= 15 is 0 Å². The van der Waals surface area contributed by atoms with Gasteiger partial charge in [-0.05, 0) is 55.7 Å². The van der Waals surface area contributed by atoms with E-state index in [0.717, 1.165) is 37.7 Å². The fraction of sp³-hybridized carbons (Fsp3) is 0.500. The van der Waals surface area contributed by atoms with Crippen LogP contribution in [0, 0.1) is 16.0 Å². The Kier molecular flexibility index (Phi) is 6.48. The molecule has 144 valence electrons. The van der Waals surface area contributed by atoms with Crippen LogP contribution in [0.15, 0.2) is 30.7 Å². The minimum absolute atomic E-state index is 0.109. The molecule has 1 fully saturated rings. The maximum Gasteiger partial charge on any atom is 0.329 e. The van der Waals surface area contributed by atoms with Crippen LogP contribution in [0.3, 0.4) is 0 Å². The first-order chi connectivity index (χ1) is 13.1. The quantitative estimate of drug-likeness (QED) is 0.476. The number of nitrogens with one attached hydrogen (secondary N) is 2. The second-order valence-electron chi connectivity index (χ2n) is 6.88. The third-order valence-corrected chi connectivity index (χ3v) is 4.86. The van der Waals surface area contributed by atoms with Crippen LogP contribution >= 0.6 is 0 Å². The van der Waals surface area contributed by atoms with Crippen molar-refractivity contribution in [3.05, 3.63) is 46.4 Å². The maximum absolute atomic E-state index is 11.3. The van der Waals surface area contributed by atoms with Crippen molar-refractivity contribution in [2.24, 2.45) is 11.7 Å². The lowest BCUT2D eigenvalue weighted by Crippen LogP contribution is -2.29. The first-order valence-electron chi connectivity index (χ1n) is 9.25. The topological polar surface area (TPSA) is 132 Å². The van der Waals surface area contributed by atoms with E-state index in [1.807, 2.05) is 12.1 Å². The van der Waals surface area contributed by atoms with E-state index in [2.05, 4.69) is 25.6 Å². The second-order valence-corrected chi connectivity index (χ2v) is 6.88. The molecule has 0 atom stereocenters. The highest BCUT2D eigenvalue weighted by Gasteiger charge is 2.21. The van der Waals surface area contributed by atoms with Gasteiger partial charge in [0.25, 0.3) is 0 Å². The van der Waals surface area contributed by atoms with Crippen LogP contribution in [-0.2, 0) is 6.42 Å². The Morgan fingerprint density at radius 1 is 1.19 bits per heavy atom. The van der Waals surface area contributed by atoms with Crippen molar-refractivity contribution in [1.29, 1.82) is 0 Å². The number of hydrogen-bond donors (Lipinski definition) is 3. The summed E-state index contributed by atoms with van der Waals surface area (Å²) < 4.78 is 0. The van der Waals surface area contributed by atoms with Crippen LogP contribution in [0.5, 0.6) is 0 Å². The summed E-state index contributed by atoms with van der Waals surface area (Å²) in [6.07, 6.45) is 9.60. The Labute approximate surface area is 158 Å². The third-order valence-electron chi connectivity index (χ3n) is 4.86. The predicted molar refractivity (Wildman–Crippen MR) is 104 cm³/mol. The summed E-state index contributed by atoms with van der Waals surface area (Å²) in [4.78, 5) is 23.2. The van der Waals surface area contributed by atoms with Gasteiger partial charge in [-0.1, -0.05) is 0 Å². The molecule has 0 aliphatic heterocycles. The number of nitro groups is 1. The summed E-state index contributed by atoms with van der Waals surface area (Å²) in [6.45, 7) is 1.28. The molecular weight excluding hydrogens is 346 g/mol. The van der Waals surface area contributed by atoms with Crippen molar-refractivity contribution in [2.75, 3.05) is 23.7 Å². The molecule has 0 spiro atoms. The highest BCUT2D eigenvalue weighted by Crippen LogP contribution is 2.26. The Morgan fingerprint density at radius 3 is 2.63 bits per heavy atom. The van der Waals surface area contributed by atoms with Crippen molar-refractivity contribution in [3.8, 4) is 0 Å². The number of aromatic nitrogens is 3. The molecule has 3 rings (SSSR count). The van der Waals surface area contributed by atoms with E-state index in [0.29, 0.717) is 25.0 Å². The minimum Gasteiger partial charge on any atom is -0.364 e. The zero-order chi connectivity index (χ0) is 19.1. The van der Waals surface area contributed by atoms with Gasteiger partial charge < -0.3 is 16.4 Å². The normalized spacial score (nSPS) is 19.4. The molecule has 0 amide bonds. The predicted octanol–water partition coefficient (Wildman–Crippen LogP) is 2.36. The summed E-state index contributed by atoms with van der Waals surface area (Å²) >= 11 is 0. The number of nitrogens with two attached hydrogens (primary N) is 1. The van der Waals surface area contributed by atoms with Gasteiger partial charge in [0, 0.05) is 31.5 Å². The van der Waals surface area contributed by atoms with Gasteiger partial charge in [0.1, 0.15) is 6.20 Å². The highest BCUT2D eigenvalue weighted by molar-refractivity contribution is 5.57. The van der Waals surface area contributed by atoms with Crippen LogP contribution in [0.25, 0.3) is 0 Å². The molecule has 2 aromatic heterocycles. The molecule has 9 heteroatoms. The Bertz CT molecular complexity index is 749. The monoisotopic (exact) mass is 371 g/mol. The van der Waals surface area contributed by atoms with Crippen LogP contribution in [0.4, 0.5) is 17.5 Å². The van der Waals surface area contributed by atoms with E-state index in [-0.39, 0.29) is 17.5 Å². The van der Waals surface area contributed by atoms with Crippen LogP contribution < -0.4 is 16.4 Å². The summed E-state index contributed by atoms with van der Waals surface area (Å²) in [7, 11) is 0. The summed E-state index contributed by atoms with van der Waals surface area (Å²) in [5, 5.41) is 17.5. The first-order valence-corrected chi connectivity index (χ1v) is 9.25. The molecule has 1 saturated carbocycles. The SMILES string of the molecule is NC1CCC(CNc2nc(NCCc3ccncc3)ncc2[N+](=O)[O-])CC1. The van der Waals surface area contributed by atoms with E-state index in [1.165, 1.54) is 6.20 Å². The first kappa shape index (κ1) is 19.0. The molecule has 27 heavy (non-hydrogen) atoms. The highest BCUT2D eigenvalue weighted by atomic mass is 16.6. The lowest BCUT2D eigenvalue weighted by Gasteiger charge is -2.26. The lowest BCUT2D eigenvalue weighted by atomic mass is 9.86. The molecule has 2 heterocycles. The van der Waals surface area contributed by atoms with Gasteiger partial charge in [0.15, 0.2) is 0 Å². The van der Waals surface area contributed by atoms with Gasteiger partial charge in [-0.3, -0.25) is 15.1 Å². The molecule has 1 aliphatic rings. The van der Waals surface area contributed by atoms with Crippen molar-refractivity contribution in [1.82, 2.24) is 15.0 Å². The largest absolute Gasteiger partial charge is 0.364 e. The fourth-order valence-corrected chi connectivity index (χ4v) is 3.23. The zero-order valence-electron chi connectivity index (χ0n) is 15.2. The Hall–Kier alpha value is -2.81. The van der Waals surface area contributed by atoms with Gasteiger partial charge in [0.2, 0.25) is 11.8 Å². The summed E-state index contributed by atoms with van der Waals surface area (Å²) in [5.41, 5.74) is 6.97. The number of nitrogens with zero attached hydrogens (tertiary/aromatic N) is 4. The molecule has 9 nitrogen and oxygen atoms in total. The average molecular weight is 371 g/mol. The summed E-state index contributed by atoms with van der Waals surface area (Å²) in [6, 6.07) is 4.17. The third kappa shape index (κ3) is 5.58. The Balaban J connectivity index is 1.59. The van der Waals surface area contributed by atoms with Crippen LogP contribution in [-0.4, -0.2) is 39.0 Å². The number of anilines is 2. The second kappa shape index (κ2) is 9.22. The van der Waals surface area contributed by atoms with Gasteiger partial charge in [-0.25, -0.2) is 4.98 Å². The number of hydrogen-bond acceptors (Lipinski definition) is 8. The van der Waals surface area contributed by atoms with Gasteiger partial charge in [-0.15, -0.1) is 0 Å². The van der Waals surface area contributed by atoms with E-state index in [9.17, 15) is 10.1 Å². The smallest absolute Gasteiger partial charge is 0.329 e. The van der Waals surface area contributed by atoms with Crippen molar-refractivity contribution in [2.45, 2.75) is 38.1 Å². The molecule has 0 bridgehead atoms. The summed E-state index contributed by atoms with van der Waals surface area (Å²) in [5.74, 6) is 1.10. The number of rotatable bonds is 8. The van der Waals surface area contributed by atoms with E-state index in [1.54, 1.807) is 12.4 Å². The van der Waals surface area contributed by atoms with Gasteiger partial charge in [-0.2, -0.15) is 4.98 Å². The average Bonchev–Trinajstić information content (AvgIpc) is 2.68. The molecule has 0 radical (unpaired) electrons. The zero-order valence-corrected chi connectivity index (χ0v) is 15.2. The number of pyridine rings is 1. The standard InChI is InChI=1S/C18H25N7O2/c19-15-3-1-14(2-4-15)11-22-17-16(25(26)27)12-23-18(24-17)21-10-7-13-5-8-20-9-6-13/h5-6,8-9,12,14-15H,1-4,7,10-11,19H2,(H2,21,22,23,24). The molecule has 0 saturated heterocycles. The molecular formula is C18H25N7O2. The maximum atomic E-state index is 11.3. The molecule has 2 aromatic rings. The van der Waals surface area contributed by atoms with E-state index < -0.39 is 4.92 Å². The minimum atomic E-state index is -0.458. The van der Waals surface area contributed by atoms with E-state index in [4.69, 9.17) is 5.73 Å². The van der Waals surface area contributed by atoms with Crippen LogP contribution in [0.2, 0.25) is 0 Å². The lowest BCUT2D eigenvalue weighted by molar-refractivity contribution is -0.384. The van der Waals surface area contributed by atoms with Crippen molar-refractivity contribution < 1.29 is 4.92 Å². The molecule has 1 aliphatic carbocycles. The van der Waals surface area contributed by atoms with Crippen molar-refractivity contribution in [3.63, 3.8) is 0 Å². The van der Waals surface area contributed by atoms with Gasteiger partial charge >= 0.3 is 5.69 Å². The van der Waals surface area contributed by atoms with Crippen molar-refractivity contribution >= 4 is 17.5 Å². The van der Waals surface area contributed by atoms with Gasteiger partial charge in [0.05, 0.1) is 4.92 Å². The molecule has 0 aromatic carbocycles. The fourth-order valence-electron chi connectivity index (χ4n) is 3.23.